The van der Waals surface area contributed by atoms with Gasteiger partial charge in [-0.1, -0.05) is 66.7 Å². The Hall–Kier alpha value is -2.94. The van der Waals surface area contributed by atoms with Gasteiger partial charge in [0.05, 0.1) is 12.3 Å². The molecule has 0 aliphatic rings. The Bertz CT molecular complexity index is 986. The molecule has 28 heavy (non-hydrogen) atoms. The van der Waals surface area contributed by atoms with Gasteiger partial charge in [0.1, 0.15) is 0 Å². The SMILES string of the molecule is CCOP(=O)(/C=C(\NC(=O)c1ccccc1)c1ccccc1)c1ccccc1. The lowest BCUT2D eigenvalue weighted by molar-refractivity contribution is 0.0974. The third-order valence-corrected chi connectivity index (χ3v) is 6.36. The van der Waals surface area contributed by atoms with E-state index in [0.29, 0.717) is 16.6 Å². The minimum atomic E-state index is -3.32. The van der Waals surface area contributed by atoms with Crippen LogP contribution in [0.1, 0.15) is 22.8 Å². The van der Waals surface area contributed by atoms with Crippen LogP contribution in [0.15, 0.2) is 96.8 Å². The van der Waals surface area contributed by atoms with Crippen molar-refractivity contribution in [3.8, 4) is 0 Å². The smallest absolute Gasteiger partial charge is 0.256 e. The number of rotatable bonds is 7. The van der Waals surface area contributed by atoms with Gasteiger partial charge in [-0.05, 0) is 36.8 Å². The van der Waals surface area contributed by atoms with E-state index in [4.69, 9.17) is 4.52 Å². The van der Waals surface area contributed by atoms with Gasteiger partial charge in [-0.15, -0.1) is 0 Å². The summed E-state index contributed by atoms with van der Waals surface area (Å²) >= 11 is 0. The molecule has 1 amide bonds. The van der Waals surface area contributed by atoms with Crippen molar-refractivity contribution in [2.75, 3.05) is 6.61 Å². The summed E-state index contributed by atoms with van der Waals surface area (Å²) in [5.74, 6) is 1.27. The topological polar surface area (TPSA) is 55.4 Å². The minimum absolute atomic E-state index is 0.271. The molecular weight excluding hydrogens is 369 g/mol. The third-order valence-electron chi connectivity index (χ3n) is 4.11. The molecule has 0 aliphatic heterocycles. The molecule has 0 heterocycles. The van der Waals surface area contributed by atoms with Gasteiger partial charge >= 0.3 is 0 Å². The van der Waals surface area contributed by atoms with E-state index in [1.165, 1.54) is 0 Å². The second kappa shape index (κ2) is 9.32. The third kappa shape index (κ3) is 4.86. The van der Waals surface area contributed by atoms with Gasteiger partial charge in [-0.3, -0.25) is 9.36 Å². The number of hydrogen-bond acceptors (Lipinski definition) is 3. The largest absolute Gasteiger partial charge is 0.323 e. The molecule has 0 fully saturated rings. The van der Waals surface area contributed by atoms with Gasteiger partial charge < -0.3 is 9.84 Å². The van der Waals surface area contributed by atoms with Gasteiger partial charge in [0.25, 0.3) is 13.3 Å². The quantitative estimate of drug-likeness (QED) is 0.573. The zero-order chi connectivity index (χ0) is 19.8. The maximum atomic E-state index is 13.7. The van der Waals surface area contributed by atoms with Crippen molar-refractivity contribution in [1.29, 1.82) is 0 Å². The summed E-state index contributed by atoms with van der Waals surface area (Å²) in [4.78, 5) is 12.7. The van der Waals surface area contributed by atoms with Crippen molar-refractivity contribution in [3.05, 3.63) is 108 Å². The Balaban J connectivity index is 2.05. The molecule has 0 bridgehead atoms. The number of benzene rings is 3. The van der Waals surface area contributed by atoms with Crippen molar-refractivity contribution >= 4 is 24.3 Å². The number of hydrogen-bond donors (Lipinski definition) is 1. The fraction of sp³-hybridized carbons (Fsp3) is 0.0870. The molecule has 0 saturated carbocycles. The van der Waals surface area contributed by atoms with E-state index in [1.807, 2.05) is 54.6 Å². The monoisotopic (exact) mass is 391 g/mol. The number of amides is 1. The predicted octanol–water partition coefficient (Wildman–Crippen LogP) is 5.06. The van der Waals surface area contributed by atoms with Gasteiger partial charge in [0.15, 0.2) is 0 Å². The Morgan fingerprint density at radius 1 is 0.857 bits per heavy atom. The van der Waals surface area contributed by atoms with Crippen LogP contribution in [0.5, 0.6) is 0 Å². The van der Waals surface area contributed by atoms with Crippen LogP contribution in [-0.4, -0.2) is 12.5 Å². The Kier molecular flexibility index (Phi) is 6.59. The zero-order valence-electron chi connectivity index (χ0n) is 15.6. The molecule has 3 aromatic carbocycles. The average Bonchev–Trinajstić information content (AvgIpc) is 2.75. The molecular formula is C23H22NO3P. The molecule has 1 N–H and O–H groups in total. The molecule has 1 unspecified atom stereocenters. The van der Waals surface area contributed by atoms with Gasteiger partial charge in [0, 0.05) is 16.7 Å². The molecule has 4 nitrogen and oxygen atoms in total. The summed E-state index contributed by atoms with van der Waals surface area (Å²) < 4.78 is 19.3. The number of nitrogens with one attached hydrogen (secondary N) is 1. The highest BCUT2D eigenvalue weighted by molar-refractivity contribution is 7.70. The number of carbonyl (C=O) groups is 1. The first-order valence-corrected chi connectivity index (χ1v) is 10.8. The van der Waals surface area contributed by atoms with Crippen LogP contribution in [0, 0.1) is 0 Å². The van der Waals surface area contributed by atoms with Crippen molar-refractivity contribution in [2.24, 2.45) is 0 Å². The Morgan fingerprint density at radius 2 is 1.36 bits per heavy atom. The zero-order valence-corrected chi connectivity index (χ0v) is 16.5. The van der Waals surface area contributed by atoms with E-state index < -0.39 is 7.37 Å². The second-order valence-electron chi connectivity index (χ2n) is 6.08. The van der Waals surface area contributed by atoms with E-state index in [-0.39, 0.29) is 12.5 Å². The summed E-state index contributed by atoms with van der Waals surface area (Å²) in [7, 11) is -3.32. The molecule has 0 saturated heterocycles. The summed E-state index contributed by atoms with van der Waals surface area (Å²) in [5, 5.41) is 3.49. The lowest BCUT2D eigenvalue weighted by Crippen LogP contribution is -2.22. The molecule has 0 spiro atoms. The van der Waals surface area contributed by atoms with Crippen LogP contribution in [0.25, 0.3) is 5.70 Å². The van der Waals surface area contributed by atoms with Crippen molar-refractivity contribution < 1.29 is 13.9 Å². The highest BCUT2D eigenvalue weighted by Crippen LogP contribution is 2.49. The first kappa shape index (κ1) is 19.8. The lowest BCUT2D eigenvalue weighted by Gasteiger charge is -2.18. The van der Waals surface area contributed by atoms with Crippen LogP contribution in [0.3, 0.4) is 0 Å². The molecule has 0 radical (unpaired) electrons. The maximum Gasteiger partial charge on any atom is 0.256 e. The van der Waals surface area contributed by atoms with E-state index in [2.05, 4.69) is 5.32 Å². The normalized spacial score (nSPS) is 13.5. The summed E-state index contributed by atoms with van der Waals surface area (Å²) in [6, 6.07) is 27.3. The summed E-state index contributed by atoms with van der Waals surface area (Å²) in [6.07, 6.45) is 0. The van der Waals surface area contributed by atoms with Gasteiger partial charge in [0.2, 0.25) is 0 Å². The highest BCUT2D eigenvalue weighted by atomic mass is 31.2. The molecule has 1 atom stereocenters. The molecule has 3 aromatic rings. The summed E-state index contributed by atoms with van der Waals surface area (Å²) in [5.41, 5.74) is 1.73. The van der Waals surface area contributed by atoms with Gasteiger partial charge in [-0.2, -0.15) is 0 Å². The van der Waals surface area contributed by atoms with Crippen LogP contribution >= 0.6 is 7.37 Å². The van der Waals surface area contributed by atoms with Crippen LogP contribution in [0.4, 0.5) is 0 Å². The van der Waals surface area contributed by atoms with E-state index in [0.717, 1.165) is 5.56 Å². The van der Waals surface area contributed by atoms with Crippen LogP contribution < -0.4 is 10.6 Å². The fourth-order valence-corrected chi connectivity index (χ4v) is 4.66. The molecule has 5 heteroatoms. The Labute approximate surface area is 165 Å². The Morgan fingerprint density at radius 3 is 1.89 bits per heavy atom. The van der Waals surface area contributed by atoms with Crippen molar-refractivity contribution in [3.63, 3.8) is 0 Å². The van der Waals surface area contributed by atoms with E-state index in [1.54, 1.807) is 49.1 Å². The highest BCUT2D eigenvalue weighted by Gasteiger charge is 2.24. The fourth-order valence-electron chi connectivity index (χ4n) is 2.76. The molecule has 0 aliphatic carbocycles. The minimum Gasteiger partial charge on any atom is -0.323 e. The van der Waals surface area contributed by atoms with E-state index in [9.17, 15) is 9.36 Å². The van der Waals surface area contributed by atoms with Crippen molar-refractivity contribution in [1.82, 2.24) is 5.32 Å². The molecule has 142 valence electrons. The average molecular weight is 391 g/mol. The van der Waals surface area contributed by atoms with Gasteiger partial charge in [-0.25, -0.2) is 0 Å². The molecule has 3 rings (SSSR count). The first-order valence-electron chi connectivity index (χ1n) is 9.07. The van der Waals surface area contributed by atoms with Crippen molar-refractivity contribution in [2.45, 2.75) is 6.92 Å². The van der Waals surface area contributed by atoms with Crippen LogP contribution in [0.2, 0.25) is 0 Å². The first-order chi connectivity index (χ1) is 13.6. The molecule has 0 aromatic heterocycles. The second-order valence-corrected chi connectivity index (χ2v) is 8.31. The number of carbonyl (C=O) groups excluding carboxylic acids is 1. The summed E-state index contributed by atoms with van der Waals surface area (Å²) in [6.45, 7) is 2.09. The standard InChI is InChI=1S/C23H22NO3P/c1-2-27-28(26,21-16-10-5-11-17-21)18-22(19-12-6-3-7-13-19)24-23(25)20-14-8-4-9-15-20/h3-18H,2H2,1H3,(H,24,25)/b22-18-. The van der Waals surface area contributed by atoms with E-state index >= 15 is 0 Å². The maximum absolute atomic E-state index is 13.7. The predicted molar refractivity (Wildman–Crippen MR) is 114 cm³/mol. The lowest BCUT2D eigenvalue weighted by atomic mass is 10.1. The van der Waals surface area contributed by atoms with Crippen LogP contribution in [-0.2, 0) is 9.09 Å².